The third-order valence-electron chi connectivity index (χ3n) is 1.98. The second-order valence-corrected chi connectivity index (χ2v) is 4.00. The van der Waals surface area contributed by atoms with Gasteiger partial charge < -0.3 is 11.1 Å². The first-order valence-corrected chi connectivity index (χ1v) is 6.00. The maximum atomic E-state index is 5.68. The van der Waals surface area contributed by atoms with Crippen LogP contribution in [0.5, 0.6) is 0 Å². The predicted molar refractivity (Wildman–Crippen MR) is 68.0 cm³/mol. The second-order valence-electron chi connectivity index (χ2n) is 3.17. The molecule has 5 heteroatoms. The Bertz CT molecular complexity index is 487. The third kappa shape index (κ3) is 2.64. The van der Waals surface area contributed by atoms with Gasteiger partial charge in [-0.05, 0) is 30.5 Å². The fraction of sp³-hybridized carbons (Fsp3) is 0.0909. The summed E-state index contributed by atoms with van der Waals surface area (Å²) < 4.78 is 0. The first-order valence-electron chi connectivity index (χ1n) is 4.77. The normalized spacial score (nSPS) is 10.1. The highest BCUT2D eigenvalue weighted by atomic mass is 32.2. The number of hydrogen-bond acceptors (Lipinski definition) is 5. The zero-order chi connectivity index (χ0) is 11.4. The van der Waals surface area contributed by atoms with Crippen molar-refractivity contribution in [2.75, 3.05) is 17.3 Å². The molecule has 0 atom stereocenters. The van der Waals surface area contributed by atoms with Crippen LogP contribution in [0.2, 0.25) is 0 Å². The average Bonchev–Trinajstić information content (AvgIpc) is 2.29. The Morgan fingerprint density at radius 3 is 2.94 bits per heavy atom. The van der Waals surface area contributed by atoms with E-state index >= 15 is 0 Å². The summed E-state index contributed by atoms with van der Waals surface area (Å²) in [5, 5.41) is 4.04. The lowest BCUT2D eigenvalue weighted by Crippen LogP contribution is -1.97. The highest BCUT2D eigenvalue weighted by molar-refractivity contribution is 7.98. The van der Waals surface area contributed by atoms with Crippen LogP contribution in [0.3, 0.4) is 0 Å². The van der Waals surface area contributed by atoms with Crippen molar-refractivity contribution in [3.63, 3.8) is 0 Å². The van der Waals surface area contributed by atoms with Crippen molar-refractivity contribution in [1.82, 2.24) is 9.97 Å². The highest BCUT2D eigenvalue weighted by Gasteiger charge is 1.99. The van der Waals surface area contributed by atoms with E-state index in [1.165, 1.54) is 0 Å². The van der Waals surface area contributed by atoms with Crippen molar-refractivity contribution in [3.05, 3.63) is 36.5 Å². The van der Waals surface area contributed by atoms with Crippen LogP contribution in [-0.2, 0) is 0 Å². The van der Waals surface area contributed by atoms with E-state index in [4.69, 9.17) is 5.73 Å². The molecule has 0 aliphatic carbocycles. The Balaban J connectivity index is 2.20. The molecular weight excluding hydrogens is 220 g/mol. The molecule has 3 N–H and O–H groups in total. The molecule has 82 valence electrons. The van der Waals surface area contributed by atoms with E-state index in [1.807, 2.05) is 36.6 Å². The van der Waals surface area contributed by atoms with Gasteiger partial charge in [-0.2, -0.15) is 0 Å². The number of nitrogens with one attached hydrogen (secondary N) is 1. The van der Waals surface area contributed by atoms with Crippen molar-refractivity contribution >= 4 is 29.1 Å². The molecule has 0 spiro atoms. The summed E-state index contributed by atoms with van der Waals surface area (Å²) in [7, 11) is 0. The summed E-state index contributed by atoms with van der Waals surface area (Å²) in [4.78, 5) is 8.45. The van der Waals surface area contributed by atoms with Crippen molar-refractivity contribution < 1.29 is 0 Å². The number of nitrogens with zero attached hydrogens (tertiary/aromatic N) is 2. The molecule has 16 heavy (non-hydrogen) atoms. The van der Waals surface area contributed by atoms with Crippen LogP contribution < -0.4 is 11.1 Å². The molecule has 1 heterocycles. The van der Waals surface area contributed by atoms with Gasteiger partial charge in [0.1, 0.15) is 5.03 Å². The van der Waals surface area contributed by atoms with Crippen molar-refractivity contribution in [3.8, 4) is 0 Å². The Kier molecular flexibility index (Phi) is 3.26. The summed E-state index contributed by atoms with van der Waals surface area (Å²) >= 11 is 1.58. The first kappa shape index (κ1) is 10.8. The Labute approximate surface area is 98.3 Å². The molecule has 0 bridgehead atoms. The van der Waals surface area contributed by atoms with Gasteiger partial charge in [0, 0.05) is 17.6 Å². The largest absolute Gasteiger partial charge is 0.399 e. The van der Waals surface area contributed by atoms with Gasteiger partial charge in [0.2, 0.25) is 5.95 Å². The number of nitrogens with two attached hydrogens (primary N) is 1. The highest BCUT2D eigenvalue weighted by Crippen LogP contribution is 2.17. The van der Waals surface area contributed by atoms with Crippen LogP contribution >= 0.6 is 11.8 Å². The van der Waals surface area contributed by atoms with Crippen molar-refractivity contribution in [2.45, 2.75) is 5.03 Å². The van der Waals surface area contributed by atoms with E-state index in [0.717, 1.165) is 10.7 Å². The molecule has 0 saturated carbocycles. The van der Waals surface area contributed by atoms with Crippen LogP contribution in [0, 0.1) is 0 Å². The van der Waals surface area contributed by atoms with E-state index in [2.05, 4.69) is 15.3 Å². The Hall–Kier alpha value is -1.75. The van der Waals surface area contributed by atoms with Crippen LogP contribution in [0.1, 0.15) is 0 Å². The molecule has 0 fully saturated rings. The lowest BCUT2D eigenvalue weighted by Gasteiger charge is -2.05. The SMILES string of the molecule is CSc1ccnc(Nc2cccc(N)c2)n1. The molecule has 0 aliphatic rings. The summed E-state index contributed by atoms with van der Waals surface area (Å²) in [6.45, 7) is 0. The Morgan fingerprint density at radius 1 is 1.31 bits per heavy atom. The number of aromatic nitrogens is 2. The maximum absolute atomic E-state index is 5.68. The molecule has 1 aromatic carbocycles. The molecule has 0 amide bonds. The zero-order valence-corrected chi connectivity index (χ0v) is 9.66. The number of benzene rings is 1. The first-order chi connectivity index (χ1) is 7.78. The summed E-state index contributed by atoms with van der Waals surface area (Å²) in [5.74, 6) is 0.581. The second kappa shape index (κ2) is 4.85. The molecule has 4 nitrogen and oxygen atoms in total. The minimum absolute atomic E-state index is 0.581. The van der Waals surface area contributed by atoms with Gasteiger partial charge in [-0.15, -0.1) is 11.8 Å². The molecule has 1 aromatic heterocycles. The van der Waals surface area contributed by atoms with E-state index in [1.54, 1.807) is 18.0 Å². The number of hydrogen-bond donors (Lipinski definition) is 2. The molecule has 0 unspecified atom stereocenters. The van der Waals surface area contributed by atoms with Crippen molar-refractivity contribution in [2.24, 2.45) is 0 Å². The van der Waals surface area contributed by atoms with E-state index in [9.17, 15) is 0 Å². The lowest BCUT2D eigenvalue weighted by molar-refractivity contribution is 1.06. The van der Waals surface area contributed by atoms with Crippen LogP contribution in [0.4, 0.5) is 17.3 Å². The van der Waals surface area contributed by atoms with Crippen LogP contribution in [0.25, 0.3) is 0 Å². The lowest BCUT2D eigenvalue weighted by atomic mass is 10.3. The number of nitrogen functional groups attached to an aromatic ring is 1. The van der Waals surface area contributed by atoms with Crippen molar-refractivity contribution in [1.29, 1.82) is 0 Å². The standard InChI is InChI=1S/C11H12N4S/c1-16-10-5-6-13-11(15-10)14-9-4-2-3-8(12)7-9/h2-7H,12H2,1H3,(H,13,14,15). The summed E-state index contributed by atoms with van der Waals surface area (Å²) in [6.07, 6.45) is 3.71. The monoisotopic (exact) mass is 232 g/mol. The van der Waals surface area contributed by atoms with Crippen LogP contribution in [-0.4, -0.2) is 16.2 Å². The fourth-order valence-electron chi connectivity index (χ4n) is 1.26. The smallest absolute Gasteiger partial charge is 0.228 e. The molecule has 0 radical (unpaired) electrons. The minimum Gasteiger partial charge on any atom is -0.399 e. The number of thioether (sulfide) groups is 1. The van der Waals surface area contributed by atoms with Gasteiger partial charge in [-0.1, -0.05) is 6.07 Å². The van der Waals surface area contributed by atoms with Crippen LogP contribution in [0.15, 0.2) is 41.6 Å². The number of anilines is 3. The molecule has 2 rings (SSSR count). The molecular formula is C11H12N4S. The topological polar surface area (TPSA) is 63.8 Å². The average molecular weight is 232 g/mol. The third-order valence-corrected chi connectivity index (χ3v) is 2.63. The Morgan fingerprint density at radius 2 is 2.19 bits per heavy atom. The summed E-state index contributed by atoms with van der Waals surface area (Å²) in [6, 6.07) is 9.36. The van der Waals surface area contributed by atoms with E-state index in [0.29, 0.717) is 11.6 Å². The fourth-order valence-corrected chi connectivity index (χ4v) is 1.64. The van der Waals surface area contributed by atoms with E-state index < -0.39 is 0 Å². The van der Waals surface area contributed by atoms with Gasteiger partial charge in [0.25, 0.3) is 0 Å². The quantitative estimate of drug-likeness (QED) is 0.483. The van der Waals surface area contributed by atoms with Gasteiger partial charge in [-0.25, -0.2) is 9.97 Å². The van der Waals surface area contributed by atoms with Gasteiger partial charge in [-0.3, -0.25) is 0 Å². The maximum Gasteiger partial charge on any atom is 0.228 e. The minimum atomic E-state index is 0.581. The molecule has 2 aromatic rings. The zero-order valence-electron chi connectivity index (χ0n) is 8.84. The number of rotatable bonds is 3. The molecule has 0 aliphatic heterocycles. The van der Waals surface area contributed by atoms with Gasteiger partial charge >= 0.3 is 0 Å². The molecule has 0 saturated heterocycles. The predicted octanol–water partition coefficient (Wildman–Crippen LogP) is 2.52. The summed E-state index contributed by atoms with van der Waals surface area (Å²) in [5.41, 5.74) is 7.28. The van der Waals surface area contributed by atoms with E-state index in [-0.39, 0.29) is 0 Å². The van der Waals surface area contributed by atoms with Gasteiger partial charge in [0.05, 0.1) is 0 Å². The van der Waals surface area contributed by atoms with Gasteiger partial charge in [0.15, 0.2) is 0 Å².